The molecule has 4 N–H and O–H groups in total. The van der Waals surface area contributed by atoms with Crippen molar-refractivity contribution in [1.29, 1.82) is 0 Å². The van der Waals surface area contributed by atoms with Crippen LogP contribution in [0.15, 0.2) is 72.8 Å². The average Bonchev–Trinajstić information content (AvgIpc) is 3.02. The van der Waals surface area contributed by atoms with Crippen molar-refractivity contribution < 1.29 is 56.6 Å². The van der Waals surface area contributed by atoms with Crippen molar-refractivity contribution in [3.8, 4) is 5.75 Å². The molecule has 0 saturated heterocycles. The van der Waals surface area contributed by atoms with Gasteiger partial charge in [0.2, 0.25) is 5.95 Å². The first kappa shape index (κ1) is 41.2. The van der Waals surface area contributed by atoms with E-state index in [1.54, 1.807) is 13.0 Å². The number of benzene rings is 3. The number of nitrogens with zero attached hydrogens (tertiary/aromatic N) is 5. The Balaban J connectivity index is 1.66. The number of rotatable bonds is 17. The van der Waals surface area contributed by atoms with Crippen molar-refractivity contribution in [3.05, 3.63) is 48.0 Å². The number of anilines is 2. The predicted octanol–water partition coefficient (Wildman–Crippen LogP) is 4.39. The summed E-state index contributed by atoms with van der Waals surface area (Å²) in [6.07, 6.45) is 0.180. The molecule has 0 spiro atoms. The van der Waals surface area contributed by atoms with Crippen LogP contribution in [0.4, 0.5) is 23.0 Å². The summed E-state index contributed by atoms with van der Waals surface area (Å²) in [6.45, 7) is 1.64. The fourth-order valence-electron chi connectivity index (χ4n) is 4.42. The zero-order valence-corrected chi connectivity index (χ0v) is 31.8. The molecule has 4 aromatic rings. The highest BCUT2D eigenvalue weighted by atomic mass is 32.2. The molecule has 4 rings (SSSR count). The van der Waals surface area contributed by atoms with E-state index < -0.39 is 61.8 Å². The number of aromatic nitrogens is 3. The summed E-state index contributed by atoms with van der Waals surface area (Å²) in [5, 5.41) is 11.0. The van der Waals surface area contributed by atoms with Gasteiger partial charge in [0, 0.05) is 28.3 Å². The van der Waals surface area contributed by atoms with Gasteiger partial charge >= 0.3 is 0 Å². The van der Waals surface area contributed by atoms with Crippen molar-refractivity contribution >= 4 is 97.8 Å². The smallest absolute Gasteiger partial charge is 0.295 e. The standard InChI is InChI=1S/C27H30N6O13S6/c1-16-12-21(28-25-29-26(47-8-4-10-49(34,35)36)31-27(30-25)48-9-5-11-50(37,38)39)22(46-2)15-20(16)33-32-17-13-19-18(24(14-17)52(43,44)45)6-3-7-23(19)51(40,41)42/h3,6-7,12-15H,4-5,8-11H2,1-2H3,(H,34,35,36)(H,37,38,39)(H,40,41,42)(H,43,44,45)(H,28,29,30,31)/p-1. The molecule has 52 heavy (non-hydrogen) atoms. The third-order valence-electron chi connectivity index (χ3n) is 6.64. The van der Waals surface area contributed by atoms with E-state index in [0.29, 0.717) is 11.3 Å². The minimum Gasteiger partial charge on any atom is -0.744 e. The fourth-order valence-corrected chi connectivity index (χ4v) is 8.81. The van der Waals surface area contributed by atoms with Crippen molar-refractivity contribution in [2.45, 2.75) is 39.9 Å². The molecule has 0 atom stereocenters. The topological polar surface area (TPSA) is 305 Å². The Morgan fingerprint density at radius 2 is 1.38 bits per heavy atom. The second-order valence-electron chi connectivity index (χ2n) is 10.6. The molecule has 3 aromatic carbocycles. The van der Waals surface area contributed by atoms with Crippen LogP contribution in [0.5, 0.6) is 5.75 Å². The SMILES string of the molecule is COc1cc(N=Nc2cc(S(=O)(=O)[O-])c3cccc(S(=O)(=O)O)c3c2)c(C)cc1Nc1nc(SCCCS(=O)(=O)O)nc(SCCCS(=O)(=O)O)n1. The average molecular weight is 838 g/mol. The highest BCUT2D eigenvalue weighted by molar-refractivity contribution is 7.99. The van der Waals surface area contributed by atoms with Gasteiger partial charge in [0.15, 0.2) is 10.3 Å². The Kier molecular flexibility index (Phi) is 13.2. The number of azo groups is 1. The summed E-state index contributed by atoms with van der Waals surface area (Å²) >= 11 is 2.16. The van der Waals surface area contributed by atoms with Gasteiger partial charge in [0.25, 0.3) is 30.4 Å². The van der Waals surface area contributed by atoms with Crippen molar-refractivity contribution in [2.24, 2.45) is 10.2 Å². The number of hydrogen-bond donors (Lipinski definition) is 4. The number of hydrogen-bond acceptors (Lipinski definition) is 18. The molecule has 0 saturated carbocycles. The Labute approximate surface area is 307 Å². The van der Waals surface area contributed by atoms with Crippen molar-refractivity contribution in [2.75, 3.05) is 35.4 Å². The van der Waals surface area contributed by atoms with E-state index in [-0.39, 0.29) is 68.5 Å². The lowest BCUT2D eigenvalue weighted by Gasteiger charge is -2.14. The predicted molar refractivity (Wildman–Crippen MR) is 190 cm³/mol. The molecule has 25 heteroatoms. The normalized spacial score (nSPS) is 12.8. The second kappa shape index (κ2) is 16.6. The van der Waals surface area contributed by atoms with Gasteiger partial charge in [0.1, 0.15) is 20.8 Å². The Morgan fingerprint density at radius 3 is 1.90 bits per heavy atom. The van der Waals surface area contributed by atoms with Crippen LogP contribution in [0.2, 0.25) is 0 Å². The maximum absolute atomic E-state index is 12.1. The minimum atomic E-state index is -5.13. The summed E-state index contributed by atoms with van der Waals surface area (Å²) in [7, 11) is -16.9. The van der Waals surface area contributed by atoms with Gasteiger partial charge in [-0.05, 0) is 49.6 Å². The zero-order valence-electron chi connectivity index (χ0n) is 26.9. The highest BCUT2D eigenvalue weighted by Gasteiger charge is 2.19. The van der Waals surface area contributed by atoms with Gasteiger partial charge < -0.3 is 14.6 Å². The van der Waals surface area contributed by atoms with E-state index in [9.17, 15) is 42.8 Å². The summed E-state index contributed by atoms with van der Waals surface area (Å²) < 4.78 is 138. The molecule has 0 aliphatic heterocycles. The lowest BCUT2D eigenvalue weighted by molar-refractivity contribution is 0.417. The molecular formula is C27H29N6O13S6-. The second-order valence-corrected chi connectivity index (χ2v) is 18.6. The number of fused-ring (bicyclic) bond motifs is 1. The third kappa shape index (κ3) is 12.0. The molecule has 0 fully saturated rings. The first-order valence-corrected chi connectivity index (χ1v) is 22.5. The highest BCUT2D eigenvalue weighted by Crippen LogP contribution is 2.37. The molecule has 0 amide bonds. The summed E-state index contributed by atoms with van der Waals surface area (Å²) in [5.41, 5.74) is 0.805. The van der Waals surface area contributed by atoms with Gasteiger partial charge in [-0.15, -0.1) is 0 Å². The molecule has 0 aliphatic carbocycles. The summed E-state index contributed by atoms with van der Waals surface area (Å²) in [4.78, 5) is 11.6. The van der Waals surface area contributed by atoms with Crippen LogP contribution in [0.3, 0.4) is 0 Å². The molecule has 0 unspecified atom stereocenters. The molecule has 0 bridgehead atoms. The van der Waals surface area contributed by atoms with Crippen molar-refractivity contribution in [3.63, 3.8) is 0 Å². The van der Waals surface area contributed by atoms with Crippen LogP contribution in [0.1, 0.15) is 18.4 Å². The van der Waals surface area contributed by atoms with Crippen LogP contribution in [-0.4, -0.2) is 97.0 Å². The zero-order chi connectivity index (χ0) is 38.5. The van der Waals surface area contributed by atoms with E-state index >= 15 is 0 Å². The molecule has 282 valence electrons. The van der Waals surface area contributed by atoms with E-state index in [0.717, 1.165) is 41.7 Å². The number of thioether (sulfide) groups is 2. The Morgan fingerprint density at radius 1 is 0.788 bits per heavy atom. The van der Waals surface area contributed by atoms with Crippen LogP contribution in [0.25, 0.3) is 10.8 Å². The molecule has 1 heterocycles. The maximum Gasteiger partial charge on any atom is 0.295 e. The van der Waals surface area contributed by atoms with Gasteiger partial charge in [-0.3, -0.25) is 13.7 Å². The van der Waals surface area contributed by atoms with E-state index in [1.807, 2.05) is 0 Å². The minimum absolute atomic E-state index is 0.0220. The monoisotopic (exact) mass is 837 g/mol. The van der Waals surface area contributed by atoms with Gasteiger partial charge in [-0.1, -0.05) is 35.7 Å². The molecule has 19 nitrogen and oxygen atoms in total. The molecule has 0 radical (unpaired) electrons. The third-order valence-corrected chi connectivity index (χ3v) is 11.9. The molecule has 1 aromatic heterocycles. The van der Waals surface area contributed by atoms with E-state index in [1.165, 1.54) is 25.3 Å². The number of nitrogens with one attached hydrogen (secondary N) is 1. The van der Waals surface area contributed by atoms with Crippen LogP contribution in [0, 0.1) is 6.92 Å². The van der Waals surface area contributed by atoms with Crippen LogP contribution < -0.4 is 10.1 Å². The lowest BCUT2D eigenvalue weighted by atomic mass is 10.1. The summed E-state index contributed by atoms with van der Waals surface area (Å²) in [5.74, 6) is -0.296. The van der Waals surface area contributed by atoms with Gasteiger partial charge in [0.05, 0.1) is 40.6 Å². The largest absolute Gasteiger partial charge is 0.744 e. The Hall–Kier alpha value is -3.53. The van der Waals surface area contributed by atoms with Crippen LogP contribution in [-0.2, 0) is 40.5 Å². The first-order valence-electron chi connectivity index (χ1n) is 14.4. The first-order chi connectivity index (χ1) is 24.1. The van der Waals surface area contributed by atoms with E-state index in [2.05, 4.69) is 30.5 Å². The fraction of sp³-hybridized carbons (Fsp3) is 0.296. The molecular weight excluding hydrogens is 809 g/mol. The van der Waals surface area contributed by atoms with Crippen LogP contribution >= 0.6 is 23.5 Å². The van der Waals surface area contributed by atoms with Crippen molar-refractivity contribution in [1.82, 2.24) is 15.0 Å². The number of methoxy groups -OCH3 is 1. The lowest BCUT2D eigenvalue weighted by Crippen LogP contribution is -2.07. The summed E-state index contributed by atoms with van der Waals surface area (Å²) in [6, 6.07) is 8.51. The number of ether oxygens (including phenoxy) is 1. The maximum atomic E-state index is 12.1. The van der Waals surface area contributed by atoms with Gasteiger partial charge in [-0.2, -0.15) is 50.4 Å². The Bertz CT molecular complexity index is 2410. The van der Waals surface area contributed by atoms with E-state index in [4.69, 9.17) is 13.8 Å². The number of aryl methyl sites for hydroxylation is 1. The van der Waals surface area contributed by atoms with Gasteiger partial charge in [-0.25, -0.2) is 8.42 Å². The molecule has 0 aliphatic rings. The quantitative estimate of drug-likeness (QED) is 0.0496.